The molecule has 0 saturated carbocycles. The number of para-hydroxylation sites is 1. The molecule has 0 aromatic heterocycles. The van der Waals surface area contributed by atoms with Crippen molar-refractivity contribution in [3.05, 3.63) is 24.3 Å². The van der Waals surface area contributed by atoms with Crippen LogP contribution in [0.25, 0.3) is 0 Å². The lowest BCUT2D eigenvalue weighted by molar-refractivity contribution is 0.585. The third-order valence-corrected chi connectivity index (χ3v) is 3.64. The summed E-state index contributed by atoms with van der Waals surface area (Å²) in [5, 5.41) is 0. The molecule has 0 saturated heterocycles. The van der Waals surface area contributed by atoms with E-state index >= 15 is 0 Å². The molecule has 2 N–H and O–H groups in total. The van der Waals surface area contributed by atoms with Crippen LogP contribution in [0.5, 0.6) is 0 Å². The van der Waals surface area contributed by atoms with Crippen LogP contribution in [0.1, 0.15) is 26.7 Å². The second-order valence-corrected chi connectivity index (χ2v) is 4.80. The van der Waals surface area contributed by atoms with Crippen LogP contribution in [0, 0.1) is 5.92 Å². The Morgan fingerprint density at radius 2 is 2.07 bits per heavy atom. The average molecular weight is 209 g/mol. The fraction of sp³-hybridized carbons (Fsp3) is 0.500. The SMILES string of the molecule is CCCC(C)CSc1ccccc1N. The minimum atomic E-state index is 0.782. The van der Waals surface area contributed by atoms with Gasteiger partial charge in [0.2, 0.25) is 0 Å². The highest BCUT2D eigenvalue weighted by atomic mass is 32.2. The molecule has 0 aliphatic carbocycles. The predicted molar refractivity (Wildman–Crippen MR) is 65.7 cm³/mol. The van der Waals surface area contributed by atoms with Gasteiger partial charge in [0.15, 0.2) is 0 Å². The van der Waals surface area contributed by atoms with Gasteiger partial charge in [-0.1, -0.05) is 38.8 Å². The quantitative estimate of drug-likeness (QED) is 0.589. The first-order valence-electron chi connectivity index (χ1n) is 5.21. The van der Waals surface area contributed by atoms with Crippen LogP contribution in [-0.2, 0) is 0 Å². The Morgan fingerprint density at radius 1 is 1.36 bits per heavy atom. The van der Waals surface area contributed by atoms with Crippen molar-refractivity contribution in [2.24, 2.45) is 5.92 Å². The minimum absolute atomic E-state index is 0.782. The Labute approximate surface area is 91.1 Å². The molecule has 0 bridgehead atoms. The molecule has 0 amide bonds. The van der Waals surface area contributed by atoms with Gasteiger partial charge in [0.05, 0.1) is 0 Å². The van der Waals surface area contributed by atoms with E-state index in [1.165, 1.54) is 23.5 Å². The molecule has 1 aromatic rings. The monoisotopic (exact) mass is 209 g/mol. The maximum absolute atomic E-state index is 5.86. The van der Waals surface area contributed by atoms with Crippen LogP contribution in [0.15, 0.2) is 29.2 Å². The summed E-state index contributed by atoms with van der Waals surface area (Å²) in [6.07, 6.45) is 2.58. The number of rotatable bonds is 5. The van der Waals surface area contributed by atoms with E-state index in [1.54, 1.807) is 0 Å². The van der Waals surface area contributed by atoms with E-state index in [2.05, 4.69) is 19.9 Å². The van der Waals surface area contributed by atoms with Crippen molar-refractivity contribution in [1.29, 1.82) is 0 Å². The van der Waals surface area contributed by atoms with Gasteiger partial charge in [-0.15, -0.1) is 11.8 Å². The van der Waals surface area contributed by atoms with Crippen molar-refractivity contribution < 1.29 is 0 Å². The Morgan fingerprint density at radius 3 is 2.71 bits per heavy atom. The lowest BCUT2D eigenvalue weighted by atomic mass is 10.1. The van der Waals surface area contributed by atoms with Crippen molar-refractivity contribution >= 4 is 17.4 Å². The summed E-state index contributed by atoms with van der Waals surface area (Å²) < 4.78 is 0. The zero-order valence-electron chi connectivity index (χ0n) is 8.99. The standard InChI is InChI=1S/C12H19NS/c1-3-6-10(2)9-14-12-8-5-4-7-11(12)13/h4-5,7-8,10H,3,6,9,13H2,1-2H3. The second kappa shape index (κ2) is 5.97. The molecule has 2 heteroatoms. The molecule has 0 aliphatic rings. The molecule has 0 radical (unpaired) electrons. The van der Waals surface area contributed by atoms with Crippen molar-refractivity contribution in [2.45, 2.75) is 31.6 Å². The third-order valence-electron chi connectivity index (χ3n) is 2.22. The number of hydrogen-bond acceptors (Lipinski definition) is 2. The van der Waals surface area contributed by atoms with Crippen molar-refractivity contribution in [1.82, 2.24) is 0 Å². The normalized spacial score (nSPS) is 12.7. The molecule has 14 heavy (non-hydrogen) atoms. The highest BCUT2D eigenvalue weighted by Gasteiger charge is 2.03. The van der Waals surface area contributed by atoms with Crippen LogP contribution < -0.4 is 5.73 Å². The predicted octanol–water partition coefficient (Wildman–Crippen LogP) is 3.80. The van der Waals surface area contributed by atoms with Gasteiger partial charge < -0.3 is 5.73 Å². The average Bonchev–Trinajstić information content (AvgIpc) is 2.17. The van der Waals surface area contributed by atoms with Crippen LogP contribution >= 0.6 is 11.8 Å². The van der Waals surface area contributed by atoms with E-state index in [1.807, 2.05) is 30.0 Å². The van der Waals surface area contributed by atoms with E-state index in [9.17, 15) is 0 Å². The number of thioether (sulfide) groups is 1. The number of nitrogens with two attached hydrogens (primary N) is 1. The van der Waals surface area contributed by atoms with Crippen LogP contribution in [0.4, 0.5) is 5.69 Å². The number of benzene rings is 1. The third kappa shape index (κ3) is 3.62. The Kier molecular flexibility index (Phi) is 4.88. The zero-order chi connectivity index (χ0) is 10.4. The molecule has 0 aliphatic heterocycles. The highest BCUT2D eigenvalue weighted by molar-refractivity contribution is 7.99. The highest BCUT2D eigenvalue weighted by Crippen LogP contribution is 2.27. The minimum Gasteiger partial charge on any atom is -0.398 e. The number of anilines is 1. The molecule has 1 atom stereocenters. The van der Waals surface area contributed by atoms with E-state index < -0.39 is 0 Å². The van der Waals surface area contributed by atoms with Gasteiger partial charge in [0.25, 0.3) is 0 Å². The molecular weight excluding hydrogens is 190 g/mol. The van der Waals surface area contributed by atoms with Gasteiger partial charge in [0.1, 0.15) is 0 Å². The summed E-state index contributed by atoms with van der Waals surface area (Å²) in [5.74, 6) is 1.95. The van der Waals surface area contributed by atoms with Gasteiger partial charge in [-0.25, -0.2) is 0 Å². The summed E-state index contributed by atoms with van der Waals surface area (Å²) in [5.41, 5.74) is 6.76. The van der Waals surface area contributed by atoms with Crippen molar-refractivity contribution in [2.75, 3.05) is 11.5 Å². The second-order valence-electron chi connectivity index (χ2n) is 3.74. The summed E-state index contributed by atoms with van der Waals surface area (Å²) in [6.45, 7) is 4.54. The fourth-order valence-electron chi connectivity index (χ4n) is 1.42. The molecule has 1 unspecified atom stereocenters. The molecule has 0 spiro atoms. The number of nitrogen functional groups attached to an aromatic ring is 1. The lowest BCUT2D eigenvalue weighted by Gasteiger charge is -2.10. The van der Waals surface area contributed by atoms with Crippen LogP contribution in [0.3, 0.4) is 0 Å². The molecule has 0 heterocycles. The first-order chi connectivity index (χ1) is 6.74. The first-order valence-corrected chi connectivity index (χ1v) is 6.20. The largest absolute Gasteiger partial charge is 0.398 e. The Balaban J connectivity index is 2.41. The Bertz CT molecular complexity index is 273. The molecule has 78 valence electrons. The molecule has 0 fully saturated rings. The van der Waals surface area contributed by atoms with Crippen LogP contribution in [0.2, 0.25) is 0 Å². The van der Waals surface area contributed by atoms with Crippen molar-refractivity contribution in [3.8, 4) is 0 Å². The lowest BCUT2D eigenvalue weighted by Crippen LogP contribution is -1.98. The van der Waals surface area contributed by atoms with Gasteiger partial charge in [-0.3, -0.25) is 0 Å². The molecule has 1 rings (SSSR count). The topological polar surface area (TPSA) is 26.0 Å². The van der Waals surface area contributed by atoms with E-state index in [0.29, 0.717) is 0 Å². The van der Waals surface area contributed by atoms with Gasteiger partial charge >= 0.3 is 0 Å². The van der Waals surface area contributed by atoms with Gasteiger partial charge in [0, 0.05) is 16.3 Å². The van der Waals surface area contributed by atoms with E-state index in [4.69, 9.17) is 5.73 Å². The summed E-state index contributed by atoms with van der Waals surface area (Å²) in [6, 6.07) is 8.09. The summed E-state index contributed by atoms with van der Waals surface area (Å²) >= 11 is 1.87. The van der Waals surface area contributed by atoms with Gasteiger partial charge in [-0.05, 0) is 18.1 Å². The van der Waals surface area contributed by atoms with Crippen molar-refractivity contribution in [3.63, 3.8) is 0 Å². The first kappa shape index (κ1) is 11.4. The summed E-state index contributed by atoms with van der Waals surface area (Å²) in [7, 11) is 0. The summed E-state index contributed by atoms with van der Waals surface area (Å²) in [4.78, 5) is 1.22. The zero-order valence-corrected chi connectivity index (χ0v) is 9.81. The smallest absolute Gasteiger partial charge is 0.0452 e. The maximum Gasteiger partial charge on any atom is 0.0452 e. The molecule has 1 nitrogen and oxygen atoms in total. The number of hydrogen-bond donors (Lipinski definition) is 1. The van der Waals surface area contributed by atoms with E-state index in [0.717, 1.165) is 11.6 Å². The molecular formula is C12H19NS. The maximum atomic E-state index is 5.86. The van der Waals surface area contributed by atoms with Gasteiger partial charge in [-0.2, -0.15) is 0 Å². The Hall–Kier alpha value is -0.630. The fourth-order valence-corrected chi connectivity index (χ4v) is 2.46. The van der Waals surface area contributed by atoms with E-state index in [-0.39, 0.29) is 0 Å². The van der Waals surface area contributed by atoms with Crippen LogP contribution in [-0.4, -0.2) is 5.75 Å². The molecule has 1 aromatic carbocycles.